The maximum Gasteiger partial charge on any atom is 0.126 e. The molecule has 3 aromatic heterocycles. The van der Waals surface area contributed by atoms with Crippen molar-refractivity contribution in [2.75, 3.05) is 0 Å². The fourth-order valence-electron chi connectivity index (χ4n) is 5.35. The van der Waals surface area contributed by atoms with E-state index in [2.05, 4.69) is 116 Å². The zero-order valence-electron chi connectivity index (χ0n) is 26.6. The standard InChI is InChI=1S/C20H17FNOSi.C20H18N.Ir/c1-24(2,3)14-8-10-18(22-12-14)17-6-4-5-16-15-9-7-13(21)11-19(15)23-20(16)17;1-15-8-10-18(11-9-15)20-14-19(12-13-21-20)16(2)17-6-4-3-5-7-17;/h4-5,7-12H,1-3H3;3-10,12-14,16H,1-2H3;/q2*-1;. The van der Waals surface area contributed by atoms with Gasteiger partial charge in [-0.3, -0.25) is 0 Å². The average Bonchev–Trinajstić information content (AvgIpc) is 3.43. The molecular weight excluding hydrogens is 764 g/mol. The second-order valence-electron chi connectivity index (χ2n) is 12.4. The molecule has 7 rings (SSSR count). The van der Waals surface area contributed by atoms with Gasteiger partial charge in [-0.05, 0) is 45.9 Å². The van der Waals surface area contributed by atoms with Crippen LogP contribution in [0.3, 0.4) is 0 Å². The van der Waals surface area contributed by atoms with Gasteiger partial charge in [0.2, 0.25) is 0 Å². The van der Waals surface area contributed by atoms with E-state index in [-0.39, 0.29) is 25.9 Å². The Labute approximate surface area is 284 Å². The first-order chi connectivity index (χ1) is 21.7. The van der Waals surface area contributed by atoms with Crippen LogP contribution in [0.5, 0.6) is 0 Å². The predicted molar refractivity (Wildman–Crippen MR) is 186 cm³/mol. The van der Waals surface area contributed by atoms with E-state index in [9.17, 15) is 4.39 Å². The number of rotatable bonds is 5. The quantitative estimate of drug-likeness (QED) is 0.129. The topological polar surface area (TPSA) is 38.9 Å². The van der Waals surface area contributed by atoms with Gasteiger partial charge in [-0.15, -0.1) is 53.6 Å². The summed E-state index contributed by atoms with van der Waals surface area (Å²) in [6.07, 6.45) is 3.84. The summed E-state index contributed by atoms with van der Waals surface area (Å²) in [5.41, 5.74) is 8.72. The fourth-order valence-corrected chi connectivity index (χ4v) is 6.39. The second kappa shape index (κ2) is 14.0. The first-order valence-corrected chi connectivity index (χ1v) is 18.7. The molecule has 1 unspecified atom stereocenters. The number of halogens is 1. The third-order valence-corrected chi connectivity index (χ3v) is 10.1. The number of fused-ring (bicyclic) bond motifs is 3. The number of pyridine rings is 2. The minimum atomic E-state index is -1.38. The van der Waals surface area contributed by atoms with E-state index >= 15 is 0 Å². The molecule has 0 bridgehead atoms. The Balaban J connectivity index is 0.000000179. The van der Waals surface area contributed by atoms with Gasteiger partial charge in [0, 0.05) is 49.9 Å². The summed E-state index contributed by atoms with van der Waals surface area (Å²) < 4.78 is 19.4. The molecular formula is C40H35FIrN2OSi-2. The Morgan fingerprint density at radius 1 is 0.783 bits per heavy atom. The molecule has 1 radical (unpaired) electrons. The Kier molecular flexibility index (Phi) is 10.1. The van der Waals surface area contributed by atoms with Gasteiger partial charge in [0.05, 0.1) is 13.7 Å². The number of furan rings is 1. The Hall–Kier alpha value is -4.22. The van der Waals surface area contributed by atoms with E-state index in [1.807, 2.05) is 36.7 Å². The van der Waals surface area contributed by atoms with Gasteiger partial charge in [0.25, 0.3) is 0 Å². The molecule has 0 aliphatic carbocycles. The van der Waals surface area contributed by atoms with Crippen molar-refractivity contribution in [3.63, 3.8) is 0 Å². The number of aromatic nitrogens is 2. The molecule has 0 aliphatic rings. The summed E-state index contributed by atoms with van der Waals surface area (Å²) in [5, 5.41) is 3.17. The maximum absolute atomic E-state index is 13.5. The van der Waals surface area contributed by atoms with Crippen LogP contribution in [0.4, 0.5) is 4.39 Å². The Morgan fingerprint density at radius 3 is 2.28 bits per heavy atom. The zero-order valence-corrected chi connectivity index (χ0v) is 30.0. The van der Waals surface area contributed by atoms with Crippen molar-refractivity contribution >= 4 is 35.2 Å². The summed E-state index contributed by atoms with van der Waals surface area (Å²) in [6, 6.07) is 40.1. The molecule has 233 valence electrons. The largest absolute Gasteiger partial charge is 0.500 e. The van der Waals surface area contributed by atoms with Gasteiger partial charge in [-0.25, -0.2) is 4.39 Å². The molecule has 7 aromatic rings. The van der Waals surface area contributed by atoms with Crippen LogP contribution in [0.15, 0.2) is 120 Å². The summed E-state index contributed by atoms with van der Waals surface area (Å²) in [5.74, 6) is 0.0584. The van der Waals surface area contributed by atoms with Crippen molar-refractivity contribution < 1.29 is 28.9 Å². The van der Waals surface area contributed by atoms with E-state index in [1.165, 1.54) is 34.0 Å². The van der Waals surface area contributed by atoms with E-state index in [0.29, 0.717) is 17.1 Å². The zero-order chi connectivity index (χ0) is 31.6. The average molecular weight is 799 g/mol. The summed E-state index contributed by atoms with van der Waals surface area (Å²) >= 11 is 0. The Bertz CT molecular complexity index is 2070. The molecule has 0 saturated carbocycles. The summed E-state index contributed by atoms with van der Waals surface area (Å²) in [4.78, 5) is 9.11. The molecule has 0 N–H and O–H groups in total. The molecule has 3 nitrogen and oxygen atoms in total. The van der Waals surface area contributed by atoms with Crippen LogP contribution in [0, 0.1) is 24.9 Å². The van der Waals surface area contributed by atoms with E-state index < -0.39 is 8.07 Å². The minimum Gasteiger partial charge on any atom is -0.500 e. The second-order valence-corrected chi connectivity index (χ2v) is 17.5. The molecule has 4 aromatic carbocycles. The van der Waals surface area contributed by atoms with Crippen LogP contribution in [-0.2, 0) is 20.1 Å². The first-order valence-electron chi connectivity index (χ1n) is 15.2. The van der Waals surface area contributed by atoms with Gasteiger partial charge in [0.15, 0.2) is 0 Å². The van der Waals surface area contributed by atoms with Crippen LogP contribution >= 0.6 is 0 Å². The number of hydrogen-bond acceptors (Lipinski definition) is 3. The SMILES string of the molecule is C[Si](C)(C)c1ccc(-c2[c-]ccc3c2oc2cc(F)ccc23)nc1.Cc1c[c-]c(-c2cc(C(C)c3ccccc3)ccn2)cc1.[Ir]. The van der Waals surface area contributed by atoms with Crippen molar-refractivity contribution in [3.8, 4) is 22.5 Å². The molecule has 0 saturated heterocycles. The van der Waals surface area contributed by atoms with Crippen LogP contribution in [-0.4, -0.2) is 18.0 Å². The molecule has 0 amide bonds. The van der Waals surface area contributed by atoms with Crippen LogP contribution in [0.2, 0.25) is 19.6 Å². The molecule has 3 heterocycles. The van der Waals surface area contributed by atoms with Crippen molar-refractivity contribution in [3.05, 3.63) is 150 Å². The number of benzene rings is 4. The molecule has 0 fully saturated rings. The third-order valence-electron chi connectivity index (χ3n) is 8.11. The Morgan fingerprint density at radius 2 is 1.59 bits per heavy atom. The van der Waals surface area contributed by atoms with Gasteiger partial charge in [-0.2, -0.15) is 0 Å². The van der Waals surface area contributed by atoms with Gasteiger partial charge >= 0.3 is 0 Å². The normalized spacial score (nSPS) is 11.9. The monoisotopic (exact) mass is 799 g/mol. The smallest absolute Gasteiger partial charge is 0.126 e. The van der Waals surface area contributed by atoms with Crippen molar-refractivity contribution in [1.82, 2.24) is 9.97 Å². The molecule has 0 aliphatic heterocycles. The number of aryl methyl sites for hydroxylation is 1. The van der Waals surface area contributed by atoms with Crippen molar-refractivity contribution in [2.45, 2.75) is 39.4 Å². The first kappa shape index (κ1) is 33.1. The molecule has 0 spiro atoms. The summed E-state index contributed by atoms with van der Waals surface area (Å²) in [6.45, 7) is 11.2. The van der Waals surface area contributed by atoms with Crippen LogP contribution in [0.25, 0.3) is 44.5 Å². The van der Waals surface area contributed by atoms with Crippen molar-refractivity contribution in [2.24, 2.45) is 0 Å². The van der Waals surface area contributed by atoms with Gasteiger partial charge in [0.1, 0.15) is 11.4 Å². The number of hydrogen-bond donors (Lipinski definition) is 0. The van der Waals surface area contributed by atoms with Gasteiger partial charge in [-0.1, -0.05) is 93.0 Å². The van der Waals surface area contributed by atoms with E-state index in [1.54, 1.807) is 6.07 Å². The fraction of sp³-hybridized carbons (Fsp3) is 0.150. The molecule has 46 heavy (non-hydrogen) atoms. The maximum atomic E-state index is 13.5. The van der Waals surface area contributed by atoms with E-state index in [0.717, 1.165) is 33.3 Å². The number of nitrogens with zero attached hydrogens (tertiary/aromatic N) is 2. The van der Waals surface area contributed by atoms with Gasteiger partial charge < -0.3 is 14.4 Å². The minimum absolute atomic E-state index is 0. The summed E-state index contributed by atoms with van der Waals surface area (Å²) in [7, 11) is -1.38. The van der Waals surface area contributed by atoms with Crippen molar-refractivity contribution in [1.29, 1.82) is 0 Å². The molecule has 6 heteroatoms. The van der Waals surface area contributed by atoms with Crippen LogP contribution < -0.4 is 5.19 Å². The predicted octanol–water partition coefficient (Wildman–Crippen LogP) is 10.1. The van der Waals surface area contributed by atoms with Crippen LogP contribution in [0.1, 0.15) is 29.5 Å². The molecule has 1 atom stereocenters. The third kappa shape index (κ3) is 7.26. The van der Waals surface area contributed by atoms with E-state index in [4.69, 9.17) is 4.42 Å².